The van der Waals surface area contributed by atoms with E-state index >= 15 is 0 Å². The van der Waals surface area contributed by atoms with Gasteiger partial charge in [0.05, 0.1) is 5.56 Å². The molecule has 0 fully saturated rings. The number of nitrogens with one attached hydrogen (secondary N) is 1. The monoisotopic (exact) mass is 441 g/mol. The zero-order valence-electron chi connectivity index (χ0n) is 16.9. The van der Waals surface area contributed by atoms with Crippen molar-refractivity contribution in [3.05, 3.63) is 82.9 Å². The largest absolute Gasteiger partial charge is 0.454 e. The molecule has 32 heavy (non-hydrogen) atoms. The summed E-state index contributed by atoms with van der Waals surface area (Å²) in [7, 11) is 0. The molecule has 4 aromatic rings. The molecular weight excluding hydrogens is 423 g/mol. The van der Waals surface area contributed by atoms with Crippen molar-refractivity contribution in [2.45, 2.75) is 19.6 Å². The number of carbonyl (C=O) groups is 1. The van der Waals surface area contributed by atoms with Crippen LogP contribution in [0.2, 0.25) is 0 Å². The normalized spacial score (nSPS) is 11.5. The summed E-state index contributed by atoms with van der Waals surface area (Å²) in [6.45, 7) is 2.21. The third-order valence-corrected chi connectivity index (χ3v) is 4.79. The van der Waals surface area contributed by atoms with Crippen LogP contribution in [-0.2, 0) is 12.7 Å². The average molecular weight is 441 g/mol. The number of anilines is 1. The molecule has 164 valence electrons. The van der Waals surface area contributed by atoms with Gasteiger partial charge in [-0.25, -0.2) is 0 Å². The number of nitrogens with two attached hydrogens (primary N) is 1. The number of benzene rings is 2. The van der Waals surface area contributed by atoms with Gasteiger partial charge in [0.2, 0.25) is 5.88 Å². The number of nitrogen functional groups attached to an aromatic ring is 1. The van der Waals surface area contributed by atoms with Crippen LogP contribution in [0.4, 0.5) is 19.1 Å². The van der Waals surface area contributed by atoms with Crippen molar-refractivity contribution in [3.63, 3.8) is 0 Å². The Labute approximate surface area is 180 Å². The molecule has 0 radical (unpaired) electrons. The molecule has 0 atom stereocenters. The molecule has 0 unspecified atom stereocenters. The lowest BCUT2D eigenvalue weighted by Crippen LogP contribution is -2.23. The van der Waals surface area contributed by atoms with Crippen LogP contribution in [-0.4, -0.2) is 11.1 Å². The number of carbonyl (C=O) groups excluding carboxylic acids is 1. The third-order valence-electron chi connectivity index (χ3n) is 4.79. The van der Waals surface area contributed by atoms with Crippen LogP contribution in [0, 0.1) is 6.92 Å². The van der Waals surface area contributed by atoms with Gasteiger partial charge in [0, 0.05) is 12.1 Å². The minimum Gasteiger partial charge on any atom is -0.454 e. The van der Waals surface area contributed by atoms with Crippen molar-refractivity contribution in [2.24, 2.45) is 0 Å². The van der Waals surface area contributed by atoms with Crippen LogP contribution in [0.15, 0.2) is 69.6 Å². The summed E-state index contributed by atoms with van der Waals surface area (Å²) in [5.41, 5.74) is 7.24. The lowest BCUT2D eigenvalue weighted by molar-refractivity contribution is -0.137. The zero-order chi connectivity index (χ0) is 22.9. The molecule has 0 saturated heterocycles. The Morgan fingerprint density at radius 3 is 2.56 bits per heavy atom. The zero-order valence-corrected chi connectivity index (χ0v) is 16.9. The van der Waals surface area contributed by atoms with Gasteiger partial charge >= 0.3 is 6.18 Å². The summed E-state index contributed by atoms with van der Waals surface area (Å²) in [6, 6.07) is 15.4. The number of amides is 1. The number of nitrogens with zero attached hydrogens (tertiary/aromatic N) is 1. The molecule has 3 N–H and O–H groups in total. The van der Waals surface area contributed by atoms with Gasteiger partial charge in [-0.1, -0.05) is 47.1 Å². The summed E-state index contributed by atoms with van der Waals surface area (Å²) in [4.78, 5) is 12.8. The Morgan fingerprint density at radius 2 is 1.81 bits per heavy atom. The van der Waals surface area contributed by atoms with Crippen molar-refractivity contribution < 1.29 is 26.9 Å². The van der Waals surface area contributed by atoms with Gasteiger partial charge in [0.15, 0.2) is 11.5 Å². The molecule has 6 nitrogen and oxygen atoms in total. The van der Waals surface area contributed by atoms with E-state index in [4.69, 9.17) is 14.7 Å². The van der Waals surface area contributed by atoms with Gasteiger partial charge in [-0.05, 0) is 36.8 Å². The molecule has 1 amide bonds. The number of aryl methyl sites for hydroxylation is 1. The summed E-state index contributed by atoms with van der Waals surface area (Å²) in [5, 5.41) is 6.56. The van der Waals surface area contributed by atoms with E-state index in [1.165, 1.54) is 24.3 Å². The van der Waals surface area contributed by atoms with Gasteiger partial charge in [0.1, 0.15) is 11.3 Å². The first-order valence-electron chi connectivity index (χ1n) is 9.59. The fraction of sp³-hybridized carbons (Fsp3) is 0.130. The smallest absolute Gasteiger partial charge is 0.416 e. The lowest BCUT2D eigenvalue weighted by atomic mass is 10.1. The molecule has 2 aromatic carbocycles. The third kappa shape index (κ3) is 4.36. The summed E-state index contributed by atoms with van der Waals surface area (Å²) < 4.78 is 49.7. The molecule has 9 heteroatoms. The first-order chi connectivity index (χ1) is 15.2. The molecule has 0 saturated carbocycles. The number of aromatic nitrogens is 1. The molecule has 0 aliphatic rings. The van der Waals surface area contributed by atoms with E-state index in [1.54, 1.807) is 0 Å². The second kappa shape index (κ2) is 8.26. The molecule has 0 aliphatic heterocycles. The van der Waals surface area contributed by atoms with Gasteiger partial charge < -0.3 is 20.0 Å². The number of hydrogen-bond donors (Lipinski definition) is 2. The first kappa shape index (κ1) is 21.2. The second-order valence-corrected chi connectivity index (χ2v) is 7.18. The summed E-state index contributed by atoms with van der Waals surface area (Å²) >= 11 is 0. The van der Waals surface area contributed by atoms with Gasteiger partial charge in [0.25, 0.3) is 5.91 Å². The molecule has 0 bridgehead atoms. The standard InChI is InChI=1S/C23H18F3N3O3/c1-13-4-2-5-14(10-13)12-28-22(30)19-20(29-32-21(19)27)18-9-8-17(31-18)15-6-3-7-16(11-15)23(24,25)26/h2-11H,12,27H2,1H3,(H,28,30). The van der Waals surface area contributed by atoms with Crippen LogP contribution in [0.3, 0.4) is 0 Å². The number of halogens is 3. The van der Waals surface area contributed by atoms with Crippen LogP contribution < -0.4 is 11.1 Å². The highest BCUT2D eigenvalue weighted by molar-refractivity contribution is 6.03. The molecule has 2 aromatic heterocycles. The highest BCUT2D eigenvalue weighted by Crippen LogP contribution is 2.35. The van der Waals surface area contributed by atoms with E-state index in [0.29, 0.717) is 0 Å². The van der Waals surface area contributed by atoms with E-state index in [1.807, 2.05) is 31.2 Å². The number of alkyl halides is 3. The lowest BCUT2D eigenvalue weighted by Gasteiger charge is -2.07. The molecule has 4 rings (SSSR count). The maximum absolute atomic E-state index is 13.0. The number of furan rings is 1. The van der Waals surface area contributed by atoms with E-state index in [9.17, 15) is 18.0 Å². The highest BCUT2D eigenvalue weighted by atomic mass is 19.4. The predicted molar refractivity (Wildman–Crippen MR) is 111 cm³/mol. The molecule has 0 aliphatic carbocycles. The van der Waals surface area contributed by atoms with Crippen molar-refractivity contribution in [1.29, 1.82) is 0 Å². The Morgan fingerprint density at radius 1 is 1.06 bits per heavy atom. The van der Waals surface area contributed by atoms with Crippen molar-refractivity contribution in [2.75, 3.05) is 5.73 Å². The predicted octanol–water partition coefficient (Wildman–Crippen LogP) is 5.44. The maximum atomic E-state index is 13.0. The molecule has 0 spiro atoms. The Bertz CT molecular complexity index is 1270. The SMILES string of the molecule is Cc1cccc(CNC(=O)c2c(-c3ccc(-c4cccc(C(F)(F)F)c4)o3)noc2N)c1. The van der Waals surface area contributed by atoms with Crippen LogP contribution >= 0.6 is 0 Å². The Balaban J connectivity index is 1.59. The number of rotatable bonds is 5. The molecular formula is C23H18F3N3O3. The first-order valence-corrected chi connectivity index (χ1v) is 9.59. The van der Waals surface area contributed by atoms with Crippen molar-refractivity contribution in [3.8, 4) is 22.8 Å². The fourth-order valence-electron chi connectivity index (χ4n) is 3.25. The van der Waals surface area contributed by atoms with E-state index in [-0.39, 0.29) is 40.8 Å². The van der Waals surface area contributed by atoms with E-state index in [2.05, 4.69) is 10.5 Å². The second-order valence-electron chi connectivity index (χ2n) is 7.18. The van der Waals surface area contributed by atoms with Crippen molar-refractivity contribution >= 4 is 11.8 Å². The minimum absolute atomic E-state index is 0.0115. The Hall–Kier alpha value is -4.01. The number of hydrogen-bond acceptors (Lipinski definition) is 5. The average Bonchev–Trinajstić information content (AvgIpc) is 3.38. The maximum Gasteiger partial charge on any atom is 0.416 e. The van der Waals surface area contributed by atoms with Crippen molar-refractivity contribution in [1.82, 2.24) is 10.5 Å². The quantitative estimate of drug-likeness (QED) is 0.430. The topological polar surface area (TPSA) is 94.3 Å². The van der Waals surface area contributed by atoms with Gasteiger partial charge in [-0.2, -0.15) is 13.2 Å². The fourth-order valence-corrected chi connectivity index (χ4v) is 3.25. The summed E-state index contributed by atoms with van der Waals surface area (Å²) in [6.07, 6.45) is -4.48. The summed E-state index contributed by atoms with van der Waals surface area (Å²) in [5.74, 6) is -0.395. The van der Waals surface area contributed by atoms with Gasteiger partial charge in [-0.3, -0.25) is 4.79 Å². The van der Waals surface area contributed by atoms with Crippen LogP contribution in [0.1, 0.15) is 27.0 Å². The van der Waals surface area contributed by atoms with Crippen LogP contribution in [0.5, 0.6) is 0 Å². The van der Waals surface area contributed by atoms with Gasteiger partial charge in [-0.15, -0.1) is 0 Å². The highest BCUT2D eigenvalue weighted by Gasteiger charge is 2.31. The molecule has 2 heterocycles. The minimum atomic E-state index is -4.48. The Kier molecular flexibility index (Phi) is 5.48. The van der Waals surface area contributed by atoms with E-state index < -0.39 is 17.6 Å². The van der Waals surface area contributed by atoms with E-state index in [0.717, 1.165) is 23.3 Å². The van der Waals surface area contributed by atoms with Crippen LogP contribution in [0.25, 0.3) is 22.8 Å².